The summed E-state index contributed by atoms with van der Waals surface area (Å²) in [6.07, 6.45) is 3.40. The van der Waals surface area contributed by atoms with Crippen LogP contribution in [0.5, 0.6) is 11.6 Å². The lowest BCUT2D eigenvalue weighted by molar-refractivity contribution is 0.138. The molecule has 0 saturated carbocycles. The van der Waals surface area contributed by atoms with E-state index < -0.39 is 0 Å². The minimum atomic E-state index is -0.0919. The molecule has 2 aromatic rings. The Balaban J connectivity index is 1.58. The largest absolute Gasteiger partial charge is 0.487 e. The van der Waals surface area contributed by atoms with Gasteiger partial charge in [0, 0.05) is 18.9 Å². The van der Waals surface area contributed by atoms with Gasteiger partial charge >= 0.3 is 0 Å². The summed E-state index contributed by atoms with van der Waals surface area (Å²) >= 11 is 0. The molecule has 0 amide bonds. The fourth-order valence-corrected chi connectivity index (χ4v) is 2.57. The van der Waals surface area contributed by atoms with Crippen molar-refractivity contribution < 1.29 is 9.47 Å². The van der Waals surface area contributed by atoms with Crippen molar-refractivity contribution in [1.29, 1.82) is 0 Å². The molecule has 2 heterocycles. The fourth-order valence-electron chi connectivity index (χ4n) is 2.57. The first-order chi connectivity index (χ1) is 10.0. The molecule has 1 aliphatic rings. The van der Waals surface area contributed by atoms with E-state index in [1.165, 1.54) is 11.1 Å². The molecule has 21 heavy (non-hydrogen) atoms. The lowest BCUT2D eigenvalue weighted by Crippen LogP contribution is -2.24. The molecular weight excluding hydrogens is 264 g/mol. The van der Waals surface area contributed by atoms with Crippen molar-refractivity contribution in [3.05, 3.63) is 47.7 Å². The zero-order valence-corrected chi connectivity index (χ0v) is 12.4. The van der Waals surface area contributed by atoms with E-state index >= 15 is 0 Å². The Morgan fingerprint density at radius 3 is 2.90 bits per heavy atom. The highest BCUT2D eigenvalue weighted by Gasteiger charge is 2.29. The average Bonchev–Trinajstić information content (AvgIpc) is 2.74. The summed E-state index contributed by atoms with van der Waals surface area (Å²) in [7, 11) is 0. The molecule has 0 spiro atoms. The number of hydrogen-bond acceptors (Lipinski definition) is 4. The average molecular weight is 284 g/mol. The van der Waals surface area contributed by atoms with Crippen LogP contribution in [-0.2, 0) is 12.8 Å². The number of hydrogen-bond donors (Lipinski definition) is 1. The van der Waals surface area contributed by atoms with Crippen LogP contribution in [0.15, 0.2) is 36.5 Å². The first-order valence-electron chi connectivity index (χ1n) is 7.17. The topological polar surface area (TPSA) is 57.4 Å². The summed E-state index contributed by atoms with van der Waals surface area (Å²) in [6, 6.07) is 9.94. The summed E-state index contributed by atoms with van der Waals surface area (Å²) in [6.45, 7) is 4.82. The number of ether oxygens (including phenoxy) is 2. The predicted octanol–water partition coefficient (Wildman–Crippen LogP) is 3.00. The molecule has 0 unspecified atom stereocenters. The van der Waals surface area contributed by atoms with Gasteiger partial charge in [-0.25, -0.2) is 4.98 Å². The first kappa shape index (κ1) is 13.7. The van der Waals surface area contributed by atoms with Crippen LogP contribution in [0.1, 0.15) is 25.0 Å². The van der Waals surface area contributed by atoms with Gasteiger partial charge in [-0.2, -0.15) is 0 Å². The maximum atomic E-state index is 5.88. The van der Waals surface area contributed by atoms with Crippen molar-refractivity contribution in [2.75, 3.05) is 12.3 Å². The minimum Gasteiger partial charge on any atom is -0.487 e. The summed E-state index contributed by atoms with van der Waals surface area (Å²) in [4.78, 5) is 4.12. The Morgan fingerprint density at radius 2 is 2.14 bits per heavy atom. The number of benzene rings is 1. The fraction of sp³-hybridized carbons (Fsp3) is 0.353. The van der Waals surface area contributed by atoms with Gasteiger partial charge in [-0.3, -0.25) is 0 Å². The van der Waals surface area contributed by atoms with Crippen LogP contribution in [0.25, 0.3) is 0 Å². The third-order valence-corrected chi connectivity index (χ3v) is 3.53. The van der Waals surface area contributed by atoms with Crippen molar-refractivity contribution in [3.63, 3.8) is 0 Å². The maximum Gasteiger partial charge on any atom is 0.213 e. The van der Waals surface area contributed by atoms with Crippen molar-refractivity contribution in [3.8, 4) is 11.6 Å². The summed E-state index contributed by atoms with van der Waals surface area (Å²) in [5, 5.41) is 0. The summed E-state index contributed by atoms with van der Waals surface area (Å²) < 4.78 is 11.5. The van der Waals surface area contributed by atoms with Gasteiger partial charge in [0.15, 0.2) is 0 Å². The van der Waals surface area contributed by atoms with Crippen LogP contribution in [0, 0.1) is 0 Å². The minimum absolute atomic E-state index is 0.0919. The zero-order chi connectivity index (χ0) is 14.9. The van der Waals surface area contributed by atoms with E-state index in [0.717, 1.165) is 18.6 Å². The van der Waals surface area contributed by atoms with Gasteiger partial charge < -0.3 is 15.2 Å². The van der Waals surface area contributed by atoms with E-state index in [9.17, 15) is 0 Å². The van der Waals surface area contributed by atoms with E-state index in [-0.39, 0.29) is 5.60 Å². The molecule has 4 nitrogen and oxygen atoms in total. The van der Waals surface area contributed by atoms with Crippen LogP contribution in [-0.4, -0.2) is 17.2 Å². The van der Waals surface area contributed by atoms with E-state index in [0.29, 0.717) is 18.2 Å². The number of nitrogens with zero attached hydrogens (tertiary/aromatic N) is 1. The number of nitrogens with two attached hydrogens (primary N) is 1. The number of nitrogen functional groups attached to an aromatic ring is 1. The molecule has 1 aromatic carbocycles. The quantitative estimate of drug-likeness (QED) is 0.937. The lowest BCUT2D eigenvalue weighted by Gasteiger charge is -2.16. The maximum absolute atomic E-state index is 5.88. The van der Waals surface area contributed by atoms with Gasteiger partial charge in [-0.15, -0.1) is 0 Å². The molecule has 110 valence electrons. The molecule has 0 aliphatic carbocycles. The number of rotatable bonds is 4. The third-order valence-electron chi connectivity index (χ3n) is 3.53. The lowest BCUT2D eigenvalue weighted by atomic mass is 9.99. The Morgan fingerprint density at radius 1 is 1.29 bits per heavy atom. The van der Waals surface area contributed by atoms with E-state index in [1.54, 1.807) is 18.3 Å². The van der Waals surface area contributed by atoms with E-state index in [2.05, 4.69) is 37.0 Å². The Hall–Kier alpha value is -2.23. The molecule has 0 bridgehead atoms. The zero-order valence-electron chi connectivity index (χ0n) is 12.4. The van der Waals surface area contributed by atoms with Crippen molar-refractivity contribution in [2.45, 2.75) is 32.3 Å². The van der Waals surface area contributed by atoms with Gasteiger partial charge in [0.2, 0.25) is 5.88 Å². The highest BCUT2D eigenvalue weighted by Crippen LogP contribution is 2.35. The molecule has 3 rings (SSSR count). The van der Waals surface area contributed by atoms with Crippen LogP contribution < -0.4 is 15.2 Å². The normalized spacial score (nSPS) is 15.3. The SMILES string of the molecule is CC1(C)Cc2cc(CCOc3ccc(N)cn3)ccc2O1. The molecule has 0 atom stereocenters. The number of fused-ring (bicyclic) bond motifs is 1. The van der Waals surface area contributed by atoms with E-state index in [1.807, 2.05) is 0 Å². The van der Waals surface area contributed by atoms with Gasteiger partial charge in [0.1, 0.15) is 11.4 Å². The van der Waals surface area contributed by atoms with Crippen molar-refractivity contribution in [2.24, 2.45) is 0 Å². The van der Waals surface area contributed by atoms with Gasteiger partial charge in [-0.1, -0.05) is 12.1 Å². The smallest absolute Gasteiger partial charge is 0.213 e. The summed E-state index contributed by atoms with van der Waals surface area (Å²) in [5.41, 5.74) is 8.68. The molecule has 0 saturated heterocycles. The Labute approximate surface area is 124 Å². The van der Waals surface area contributed by atoms with Crippen LogP contribution in [0.4, 0.5) is 5.69 Å². The second-order valence-electron chi connectivity index (χ2n) is 6.01. The molecule has 4 heteroatoms. The monoisotopic (exact) mass is 284 g/mol. The molecule has 2 N–H and O–H groups in total. The standard InChI is InChI=1S/C17H20N2O2/c1-17(2)10-13-9-12(3-5-15(13)21-17)7-8-20-16-6-4-14(18)11-19-16/h3-6,9,11H,7-8,10,18H2,1-2H3. The van der Waals surface area contributed by atoms with E-state index in [4.69, 9.17) is 15.2 Å². The van der Waals surface area contributed by atoms with Crippen molar-refractivity contribution in [1.82, 2.24) is 4.98 Å². The number of anilines is 1. The molecule has 0 radical (unpaired) electrons. The number of aromatic nitrogens is 1. The molecular formula is C17H20N2O2. The second kappa shape index (κ2) is 5.28. The third kappa shape index (κ3) is 3.27. The predicted molar refractivity (Wildman–Crippen MR) is 82.7 cm³/mol. The molecule has 0 fully saturated rings. The van der Waals surface area contributed by atoms with Crippen molar-refractivity contribution >= 4 is 5.69 Å². The van der Waals surface area contributed by atoms with Gasteiger partial charge in [0.05, 0.1) is 18.5 Å². The highest BCUT2D eigenvalue weighted by atomic mass is 16.5. The summed E-state index contributed by atoms with van der Waals surface area (Å²) in [5.74, 6) is 1.61. The Bertz CT molecular complexity index is 636. The number of pyridine rings is 1. The Kier molecular flexibility index (Phi) is 3.45. The van der Waals surface area contributed by atoms with Crippen LogP contribution >= 0.6 is 0 Å². The van der Waals surface area contributed by atoms with Gasteiger partial charge in [-0.05, 0) is 37.1 Å². The van der Waals surface area contributed by atoms with Gasteiger partial charge in [0.25, 0.3) is 0 Å². The first-order valence-corrected chi connectivity index (χ1v) is 7.17. The molecule has 1 aromatic heterocycles. The second-order valence-corrected chi connectivity index (χ2v) is 6.01. The van der Waals surface area contributed by atoms with Crippen LogP contribution in [0.3, 0.4) is 0 Å². The molecule has 1 aliphatic heterocycles. The van der Waals surface area contributed by atoms with Crippen LogP contribution in [0.2, 0.25) is 0 Å². The highest BCUT2D eigenvalue weighted by molar-refractivity contribution is 5.42.